The summed E-state index contributed by atoms with van der Waals surface area (Å²) in [6.45, 7) is 6.07. The van der Waals surface area contributed by atoms with E-state index < -0.39 is 9.84 Å². The van der Waals surface area contributed by atoms with Gasteiger partial charge in [0.2, 0.25) is 0 Å². The highest BCUT2D eigenvalue weighted by Gasteiger charge is 2.18. The van der Waals surface area contributed by atoms with Crippen molar-refractivity contribution in [1.82, 2.24) is 15.1 Å². The molecule has 1 fully saturated rings. The average molecular weight is 409 g/mol. The van der Waals surface area contributed by atoms with Gasteiger partial charge >= 0.3 is 0 Å². The number of nitrogens with zero attached hydrogens (tertiary/aromatic N) is 3. The SMILES string of the molecule is CN=C(NCCOCCS(C)(=O)=O)N1CCN(C/C=C/c2ccccc2)CC1. The van der Waals surface area contributed by atoms with Crippen molar-refractivity contribution < 1.29 is 13.2 Å². The first-order valence-corrected chi connectivity index (χ1v) is 11.7. The number of guanidine groups is 1. The Morgan fingerprint density at radius 3 is 2.54 bits per heavy atom. The third kappa shape index (κ3) is 8.86. The van der Waals surface area contributed by atoms with Crippen LogP contribution < -0.4 is 5.32 Å². The van der Waals surface area contributed by atoms with E-state index in [0.29, 0.717) is 13.2 Å². The van der Waals surface area contributed by atoms with Gasteiger partial charge < -0.3 is 15.0 Å². The maximum atomic E-state index is 11.1. The summed E-state index contributed by atoms with van der Waals surface area (Å²) in [5.74, 6) is 0.925. The van der Waals surface area contributed by atoms with Crippen LogP contribution in [0.4, 0.5) is 0 Å². The first-order chi connectivity index (χ1) is 13.5. The topological polar surface area (TPSA) is 74.2 Å². The Hall–Kier alpha value is -1.90. The lowest BCUT2D eigenvalue weighted by atomic mass is 10.2. The average Bonchev–Trinajstić information content (AvgIpc) is 2.68. The third-order valence-corrected chi connectivity index (χ3v) is 5.39. The van der Waals surface area contributed by atoms with Crippen LogP contribution >= 0.6 is 0 Å². The highest BCUT2D eigenvalue weighted by molar-refractivity contribution is 7.90. The van der Waals surface area contributed by atoms with Crippen LogP contribution in [0.25, 0.3) is 6.08 Å². The van der Waals surface area contributed by atoms with Crippen LogP contribution in [0.5, 0.6) is 0 Å². The van der Waals surface area contributed by atoms with Crippen molar-refractivity contribution in [2.24, 2.45) is 4.99 Å². The molecule has 1 aliphatic heterocycles. The Kier molecular flexibility index (Phi) is 9.46. The van der Waals surface area contributed by atoms with Crippen molar-refractivity contribution in [3.05, 3.63) is 42.0 Å². The second-order valence-corrected chi connectivity index (χ2v) is 9.08. The minimum atomic E-state index is -2.96. The summed E-state index contributed by atoms with van der Waals surface area (Å²) in [6, 6.07) is 10.3. The van der Waals surface area contributed by atoms with Gasteiger partial charge in [-0.1, -0.05) is 42.5 Å². The molecule has 0 atom stereocenters. The number of hydrogen-bond donors (Lipinski definition) is 1. The van der Waals surface area contributed by atoms with E-state index in [-0.39, 0.29) is 12.4 Å². The molecule has 0 spiro atoms. The smallest absolute Gasteiger partial charge is 0.193 e. The molecule has 8 heteroatoms. The lowest BCUT2D eigenvalue weighted by Crippen LogP contribution is -2.52. The van der Waals surface area contributed by atoms with Crippen LogP contribution in [0.1, 0.15) is 5.56 Å². The van der Waals surface area contributed by atoms with E-state index in [1.165, 1.54) is 11.8 Å². The molecule has 1 saturated heterocycles. The molecule has 0 bridgehead atoms. The number of nitrogens with one attached hydrogen (secondary N) is 1. The van der Waals surface area contributed by atoms with E-state index >= 15 is 0 Å². The van der Waals surface area contributed by atoms with Crippen molar-refractivity contribution in [3.63, 3.8) is 0 Å². The molecule has 0 aromatic heterocycles. The number of piperazine rings is 1. The molecule has 28 heavy (non-hydrogen) atoms. The second kappa shape index (κ2) is 11.8. The first kappa shape index (κ1) is 22.4. The zero-order valence-corrected chi connectivity index (χ0v) is 17.7. The van der Waals surface area contributed by atoms with E-state index in [1.54, 1.807) is 7.05 Å². The van der Waals surface area contributed by atoms with E-state index in [0.717, 1.165) is 38.7 Å². The normalized spacial score (nSPS) is 16.6. The van der Waals surface area contributed by atoms with Gasteiger partial charge in [-0.05, 0) is 5.56 Å². The highest BCUT2D eigenvalue weighted by atomic mass is 32.2. The van der Waals surface area contributed by atoms with E-state index in [9.17, 15) is 8.42 Å². The maximum Gasteiger partial charge on any atom is 0.193 e. The van der Waals surface area contributed by atoms with Crippen molar-refractivity contribution in [3.8, 4) is 0 Å². The predicted octanol–water partition coefficient (Wildman–Crippen LogP) is 0.954. The minimum Gasteiger partial charge on any atom is -0.379 e. The Labute approximate surface area is 169 Å². The van der Waals surface area contributed by atoms with Crippen molar-refractivity contribution >= 4 is 21.9 Å². The summed E-state index contributed by atoms with van der Waals surface area (Å²) in [7, 11) is -1.18. The van der Waals surface area contributed by atoms with Crippen LogP contribution in [0.15, 0.2) is 41.4 Å². The zero-order chi connectivity index (χ0) is 20.2. The van der Waals surface area contributed by atoms with Gasteiger partial charge in [0.05, 0.1) is 19.0 Å². The van der Waals surface area contributed by atoms with Crippen LogP contribution in [-0.4, -0.2) is 95.7 Å². The van der Waals surface area contributed by atoms with E-state index in [4.69, 9.17) is 4.74 Å². The molecule has 1 heterocycles. The van der Waals surface area contributed by atoms with Gasteiger partial charge in [0.15, 0.2) is 5.96 Å². The molecule has 1 aromatic carbocycles. The lowest BCUT2D eigenvalue weighted by molar-refractivity contribution is 0.151. The number of benzene rings is 1. The minimum absolute atomic E-state index is 0.0579. The van der Waals surface area contributed by atoms with Gasteiger partial charge in [0.1, 0.15) is 9.84 Å². The zero-order valence-electron chi connectivity index (χ0n) is 16.9. The van der Waals surface area contributed by atoms with Crippen LogP contribution in [-0.2, 0) is 14.6 Å². The van der Waals surface area contributed by atoms with Gasteiger partial charge in [-0.15, -0.1) is 0 Å². The fourth-order valence-electron chi connectivity index (χ4n) is 2.92. The monoisotopic (exact) mass is 408 g/mol. The summed E-state index contributed by atoms with van der Waals surface area (Å²) >= 11 is 0. The molecule has 0 aliphatic carbocycles. The summed E-state index contributed by atoms with van der Waals surface area (Å²) in [4.78, 5) is 9.02. The molecule has 0 amide bonds. The highest BCUT2D eigenvalue weighted by Crippen LogP contribution is 2.05. The Morgan fingerprint density at radius 2 is 1.89 bits per heavy atom. The predicted molar refractivity (Wildman–Crippen MR) is 115 cm³/mol. The molecule has 0 unspecified atom stereocenters. The number of sulfone groups is 1. The first-order valence-electron chi connectivity index (χ1n) is 9.63. The van der Waals surface area contributed by atoms with Gasteiger partial charge in [0.25, 0.3) is 0 Å². The Balaban J connectivity index is 1.63. The Bertz CT molecular complexity index is 727. The number of aliphatic imine (C=N–C) groups is 1. The summed E-state index contributed by atoms with van der Waals surface area (Å²) in [5.41, 5.74) is 1.23. The quantitative estimate of drug-likeness (QED) is 0.373. The molecule has 2 rings (SSSR count). The van der Waals surface area contributed by atoms with Crippen molar-refractivity contribution in [1.29, 1.82) is 0 Å². The van der Waals surface area contributed by atoms with Gasteiger partial charge in [-0.2, -0.15) is 0 Å². The number of hydrogen-bond acceptors (Lipinski definition) is 5. The summed E-state index contributed by atoms with van der Waals surface area (Å²) in [6.07, 6.45) is 5.59. The van der Waals surface area contributed by atoms with Crippen molar-refractivity contribution in [2.45, 2.75) is 0 Å². The van der Waals surface area contributed by atoms with E-state index in [2.05, 4.69) is 44.4 Å². The molecule has 7 nitrogen and oxygen atoms in total. The van der Waals surface area contributed by atoms with Crippen LogP contribution in [0.3, 0.4) is 0 Å². The third-order valence-electron chi connectivity index (χ3n) is 4.49. The van der Waals surface area contributed by atoms with Crippen LogP contribution in [0.2, 0.25) is 0 Å². The van der Waals surface area contributed by atoms with Gasteiger partial charge in [-0.25, -0.2) is 8.42 Å². The van der Waals surface area contributed by atoms with Crippen LogP contribution in [0, 0.1) is 0 Å². The fourth-order valence-corrected chi connectivity index (χ4v) is 3.34. The van der Waals surface area contributed by atoms with E-state index in [1.807, 2.05) is 18.2 Å². The largest absolute Gasteiger partial charge is 0.379 e. The fraction of sp³-hybridized carbons (Fsp3) is 0.550. The number of rotatable bonds is 9. The Morgan fingerprint density at radius 1 is 1.18 bits per heavy atom. The molecule has 0 radical (unpaired) electrons. The molecule has 1 aliphatic rings. The summed E-state index contributed by atoms with van der Waals surface area (Å²) in [5, 5.41) is 3.29. The standard InChI is InChI=1S/C20H32N4O3S/c1-21-20(22-10-16-27-17-18-28(2,25)26)24-14-12-23(13-15-24)11-6-9-19-7-4-3-5-8-19/h3-9H,10-18H2,1-2H3,(H,21,22)/b9-6+. The van der Waals surface area contributed by atoms with Gasteiger partial charge in [0, 0.05) is 52.6 Å². The number of ether oxygens (including phenoxy) is 1. The molecular weight excluding hydrogens is 376 g/mol. The second-order valence-electron chi connectivity index (χ2n) is 6.82. The maximum absolute atomic E-state index is 11.1. The molecular formula is C20H32N4O3S. The van der Waals surface area contributed by atoms with Crippen molar-refractivity contribution in [2.75, 3.05) is 71.5 Å². The molecule has 0 saturated carbocycles. The molecule has 156 valence electrons. The summed E-state index contributed by atoms with van der Waals surface area (Å²) < 4.78 is 27.5. The molecule has 1 aromatic rings. The molecule has 1 N–H and O–H groups in total. The van der Waals surface area contributed by atoms with Gasteiger partial charge in [-0.3, -0.25) is 9.89 Å². The lowest BCUT2D eigenvalue weighted by Gasteiger charge is -2.36.